The van der Waals surface area contributed by atoms with Crippen LogP contribution in [0.4, 0.5) is 0 Å². The van der Waals surface area contributed by atoms with Gasteiger partial charge in [0.25, 0.3) is 0 Å². The number of allylic oxidation sites excluding steroid dienone is 2. The molecular formula is C5H8N2S. The highest BCUT2D eigenvalue weighted by Gasteiger charge is 2.13. The van der Waals surface area contributed by atoms with Gasteiger partial charge in [0.1, 0.15) is 4.99 Å². The lowest BCUT2D eigenvalue weighted by atomic mass is 10.4. The first-order valence-electron chi connectivity index (χ1n) is 2.31. The number of hydrogen-bond acceptors (Lipinski definition) is 3. The molecule has 2 nitrogen and oxygen atoms in total. The van der Waals surface area contributed by atoms with Gasteiger partial charge in [-0.1, -0.05) is 23.9 Å². The van der Waals surface area contributed by atoms with Crippen molar-refractivity contribution in [2.24, 2.45) is 11.5 Å². The monoisotopic (exact) mass is 128 g/mol. The summed E-state index contributed by atoms with van der Waals surface area (Å²) in [5.74, 6) is 0. The summed E-state index contributed by atoms with van der Waals surface area (Å²) >= 11 is 1.41. The zero-order valence-electron chi connectivity index (χ0n) is 4.37. The molecule has 8 heavy (non-hydrogen) atoms. The van der Waals surface area contributed by atoms with Crippen molar-refractivity contribution in [1.29, 1.82) is 0 Å². The van der Waals surface area contributed by atoms with Crippen molar-refractivity contribution in [3.8, 4) is 0 Å². The van der Waals surface area contributed by atoms with Gasteiger partial charge in [0.15, 0.2) is 0 Å². The summed E-state index contributed by atoms with van der Waals surface area (Å²) in [7, 11) is 0. The average molecular weight is 128 g/mol. The predicted octanol–water partition coefficient (Wildman–Crippen LogP) is 0.374. The largest absolute Gasteiger partial charge is 0.301 e. The molecule has 1 heterocycles. The number of hydrogen-bond donors (Lipinski definition) is 2. The van der Waals surface area contributed by atoms with Gasteiger partial charge >= 0.3 is 0 Å². The van der Waals surface area contributed by atoms with E-state index in [0.29, 0.717) is 0 Å². The lowest BCUT2D eigenvalue weighted by molar-refractivity contribution is 0.802. The SMILES string of the molecule is NC1(N)C=CC=CS1. The zero-order chi connectivity index (χ0) is 6.04. The second-order valence-electron chi connectivity index (χ2n) is 1.66. The van der Waals surface area contributed by atoms with Gasteiger partial charge in [0.05, 0.1) is 0 Å². The van der Waals surface area contributed by atoms with Crippen LogP contribution in [0.3, 0.4) is 0 Å². The molecule has 0 saturated heterocycles. The van der Waals surface area contributed by atoms with Crippen molar-refractivity contribution >= 4 is 11.8 Å². The molecule has 1 aliphatic heterocycles. The molecule has 0 bridgehead atoms. The maximum absolute atomic E-state index is 5.48. The van der Waals surface area contributed by atoms with Crippen LogP contribution < -0.4 is 11.5 Å². The first kappa shape index (κ1) is 5.88. The van der Waals surface area contributed by atoms with Crippen molar-refractivity contribution in [3.63, 3.8) is 0 Å². The Balaban J connectivity index is 2.65. The smallest absolute Gasteiger partial charge is 0.135 e. The fourth-order valence-corrected chi connectivity index (χ4v) is 1.01. The Hall–Kier alpha value is -0.250. The van der Waals surface area contributed by atoms with Crippen molar-refractivity contribution in [3.05, 3.63) is 23.6 Å². The summed E-state index contributed by atoms with van der Waals surface area (Å²) < 4.78 is 0. The standard InChI is InChI=1S/C5H8N2S/c6-5(7)3-1-2-4-8-5/h1-4H,6-7H2. The quantitative estimate of drug-likeness (QED) is 0.463. The van der Waals surface area contributed by atoms with Gasteiger partial charge in [0, 0.05) is 0 Å². The Morgan fingerprint density at radius 1 is 1.25 bits per heavy atom. The molecule has 0 radical (unpaired) electrons. The molecule has 0 spiro atoms. The van der Waals surface area contributed by atoms with Crippen molar-refractivity contribution < 1.29 is 0 Å². The first-order chi connectivity index (χ1) is 3.71. The molecule has 0 unspecified atom stereocenters. The Kier molecular flexibility index (Phi) is 1.42. The van der Waals surface area contributed by atoms with Crippen molar-refractivity contribution in [2.75, 3.05) is 0 Å². The normalized spacial score (nSPS) is 23.8. The van der Waals surface area contributed by atoms with Gasteiger partial charge in [-0.25, -0.2) is 0 Å². The van der Waals surface area contributed by atoms with E-state index in [1.165, 1.54) is 11.8 Å². The zero-order valence-corrected chi connectivity index (χ0v) is 5.19. The van der Waals surface area contributed by atoms with Crippen molar-refractivity contribution in [1.82, 2.24) is 0 Å². The Labute approximate surface area is 52.6 Å². The van der Waals surface area contributed by atoms with Gasteiger partial charge in [0.2, 0.25) is 0 Å². The van der Waals surface area contributed by atoms with Crippen LogP contribution in [0.2, 0.25) is 0 Å². The molecule has 0 fully saturated rings. The lowest BCUT2D eigenvalue weighted by Gasteiger charge is -2.18. The van der Waals surface area contributed by atoms with Gasteiger partial charge < -0.3 is 11.5 Å². The Bertz CT molecular complexity index is 137. The summed E-state index contributed by atoms with van der Waals surface area (Å²) in [6.45, 7) is 0. The third-order valence-corrected chi connectivity index (χ3v) is 1.66. The molecule has 0 aromatic rings. The van der Waals surface area contributed by atoms with Gasteiger partial charge in [-0.3, -0.25) is 0 Å². The molecule has 0 atom stereocenters. The lowest BCUT2D eigenvalue weighted by Crippen LogP contribution is -2.43. The molecule has 0 saturated carbocycles. The van der Waals surface area contributed by atoms with Crippen molar-refractivity contribution in [2.45, 2.75) is 4.99 Å². The van der Waals surface area contributed by atoms with Crippen LogP contribution in [0.15, 0.2) is 23.6 Å². The van der Waals surface area contributed by atoms with E-state index in [1.807, 2.05) is 17.6 Å². The highest BCUT2D eigenvalue weighted by Crippen LogP contribution is 2.19. The summed E-state index contributed by atoms with van der Waals surface area (Å²) in [5, 5.41) is 1.88. The van der Waals surface area contributed by atoms with E-state index in [2.05, 4.69) is 0 Å². The van der Waals surface area contributed by atoms with Crippen LogP contribution in [-0.4, -0.2) is 4.99 Å². The molecule has 44 valence electrons. The molecule has 0 aromatic heterocycles. The van der Waals surface area contributed by atoms with E-state index in [0.717, 1.165) is 0 Å². The van der Waals surface area contributed by atoms with Gasteiger partial charge in [-0.05, 0) is 11.5 Å². The molecule has 3 heteroatoms. The van der Waals surface area contributed by atoms with Gasteiger partial charge in [-0.2, -0.15) is 0 Å². The van der Waals surface area contributed by atoms with Crippen LogP contribution in [0, 0.1) is 0 Å². The summed E-state index contributed by atoms with van der Waals surface area (Å²) in [6.07, 6.45) is 5.51. The fourth-order valence-electron chi connectivity index (χ4n) is 0.448. The third kappa shape index (κ3) is 1.36. The minimum Gasteiger partial charge on any atom is -0.301 e. The molecular weight excluding hydrogens is 120 g/mol. The average Bonchev–Trinajstić information content (AvgIpc) is 1.65. The molecule has 0 amide bonds. The number of rotatable bonds is 0. The molecule has 4 N–H and O–H groups in total. The third-order valence-electron chi connectivity index (χ3n) is 0.819. The van der Waals surface area contributed by atoms with Crippen LogP contribution in [0.1, 0.15) is 0 Å². The second kappa shape index (κ2) is 1.93. The Morgan fingerprint density at radius 2 is 2.00 bits per heavy atom. The minimum atomic E-state index is -0.672. The Morgan fingerprint density at radius 3 is 2.25 bits per heavy atom. The molecule has 1 aliphatic rings. The van der Waals surface area contributed by atoms with Crippen LogP contribution in [0.5, 0.6) is 0 Å². The van der Waals surface area contributed by atoms with Crippen LogP contribution in [0.25, 0.3) is 0 Å². The van der Waals surface area contributed by atoms with Gasteiger partial charge in [-0.15, -0.1) is 0 Å². The topological polar surface area (TPSA) is 52.0 Å². The highest BCUT2D eigenvalue weighted by molar-refractivity contribution is 8.03. The second-order valence-corrected chi connectivity index (χ2v) is 2.87. The summed E-state index contributed by atoms with van der Waals surface area (Å²) in [5.41, 5.74) is 11.0. The highest BCUT2D eigenvalue weighted by atomic mass is 32.2. The van der Waals surface area contributed by atoms with Crippen LogP contribution >= 0.6 is 11.8 Å². The number of thioether (sulfide) groups is 1. The van der Waals surface area contributed by atoms with E-state index in [1.54, 1.807) is 6.08 Å². The van der Waals surface area contributed by atoms with E-state index < -0.39 is 4.99 Å². The summed E-state index contributed by atoms with van der Waals surface area (Å²) in [4.78, 5) is -0.672. The molecule has 0 aliphatic carbocycles. The van der Waals surface area contributed by atoms with E-state index in [4.69, 9.17) is 11.5 Å². The fraction of sp³-hybridized carbons (Fsp3) is 0.200. The minimum absolute atomic E-state index is 0.672. The van der Waals surface area contributed by atoms with E-state index >= 15 is 0 Å². The maximum atomic E-state index is 5.48. The molecule has 1 rings (SSSR count). The maximum Gasteiger partial charge on any atom is 0.135 e. The van der Waals surface area contributed by atoms with E-state index in [-0.39, 0.29) is 0 Å². The van der Waals surface area contributed by atoms with Crippen LogP contribution in [-0.2, 0) is 0 Å². The first-order valence-corrected chi connectivity index (χ1v) is 3.19. The summed E-state index contributed by atoms with van der Waals surface area (Å²) in [6, 6.07) is 0. The number of nitrogens with two attached hydrogens (primary N) is 2. The van der Waals surface area contributed by atoms with E-state index in [9.17, 15) is 0 Å². The predicted molar refractivity (Wildman–Crippen MR) is 37.0 cm³/mol. The molecule has 0 aromatic carbocycles.